The van der Waals surface area contributed by atoms with Crippen molar-refractivity contribution >= 4 is 5.96 Å². The van der Waals surface area contributed by atoms with Gasteiger partial charge in [0.1, 0.15) is 0 Å². The van der Waals surface area contributed by atoms with Gasteiger partial charge in [-0.15, -0.1) is 0 Å². The summed E-state index contributed by atoms with van der Waals surface area (Å²) in [7, 11) is 2.06. The lowest BCUT2D eigenvalue weighted by atomic mass is 9.82. The highest BCUT2D eigenvalue weighted by Crippen LogP contribution is 2.51. The maximum atomic E-state index is 10.6. The van der Waals surface area contributed by atoms with E-state index in [2.05, 4.69) is 22.3 Å². The molecule has 0 saturated heterocycles. The van der Waals surface area contributed by atoms with Crippen molar-refractivity contribution < 1.29 is 5.11 Å². The second kappa shape index (κ2) is 4.16. The van der Waals surface area contributed by atoms with Gasteiger partial charge in [0.05, 0.1) is 12.1 Å². The Labute approximate surface area is 103 Å². The Bertz CT molecular complexity index is 331. The predicted octanol–water partition coefficient (Wildman–Crippen LogP) is 0.819. The van der Waals surface area contributed by atoms with Crippen molar-refractivity contribution in [2.24, 2.45) is 16.8 Å². The van der Waals surface area contributed by atoms with Gasteiger partial charge >= 0.3 is 0 Å². The van der Waals surface area contributed by atoms with E-state index < -0.39 is 0 Å². The van der Waals surface area contributed by atoms with Crippen molar-refractivity contribution in [2.45, 2.75) is 37.7 Å². The van der Waals surface area contributed by atoms with Crippen LogP contribution in [0.3, 0.4) is 0 Å². The van der Waals surface area contributed by atoms with Crippen LogP contribution in [0.2, 0.25) is 0 Å². The van der Waals surface area contributed by atoms with E-state index in [-0.39, 0.29) is 5.60 Å². The highest BCUT2D eigenvalue weighted by Gasteiger charge is 2.49. The Kier molecular flexibility index (Phi) is 2.77. The van der Waals surface area contributed by atoms with Gasteiger partial charge in [-0.3, -0.25) is 4.99 Å². The van der Waals surface area contributed by atoms with Gasteiger partial charge in [0.25, 0.3) is 0 Å². The van der Waals surface area contributed by atoms with E-state index in [1.165, 1.54) is 19.3 Å². The third-order valence-electron chi connectivity index (χ3n) is 4.84. The van der Waals surface area contributed by atoms with Crippen LogP contribution in [0.15, 0.2) is 4.99 Å². The Morgan fingerprint density at radius 2 is 2.41 bits per heavy atom. The lowest BCUT2D eigenvalue weighted by Gasteiger charge is -2.32. The molecule has 2 aliphatic carbocycles. The van der Waals surface area contributed by atoms with Crippen LogP contribution in [0, 0.1) is 11.8 Å². The van der Waals surface area contributed by atoms with Crippen LogP contribution < -0.4 is 5.32 Å². The average Bonchev–Trinajstić information content (AvgIpc) is 2.95. The number of hydrogen-bond acceptors (Lipinski definition) is 4. The Hall–Kier alpha value is -0.770. The zero-order valence-electron chi connectivity index (χ0n) is 10.7. The third-order valence-corrected chi connectivity index (χ3v) is 4.84. The molecule has 3 unspecified atom stereocenters. The smallest absolute Gasteiger partial charge is 0.193 e. The van der Waals surface area contributed by atoms with E-state index in [9.17, 15) is 5.11 Å². The molecule has 0 aromatic rings. The molecule has 0 amide bonds. The lowest BCUT2D eigenvalue weighted by molar-refractivity contribution is -0.0191. The average molecular weight is 237 g/mol. The van der Waals surface area contributed by atoms with E-state index in [0.29, 0.717) is 5.92 Å². The summed E-state index contributed by atoms with van der Waals surface area (Å²) in [4.78, 5) is 6.55. The summed E-state index contributed by atoms with van der Waals surface area (Å²) in [5.41, 5.74) is -0.381. The number of nitrogens with zero attached hydrogens (tertiary/aromatic N) is 2. The van der Waals surface area contributed by atoms with E-state index in [0.717, 1.165) is 44.4 Å². The number of nitrogens with one attached hydrogen (secondary N) is 1. The van der Waals surface area contributed by atoms with Gasteiger partial charge in [-0.2, -0.15) is 0 Å². The highest BCUT2D eigenvalue weighted by molar-refractivity contribution is 5.81. The first-order valence-corrected chi connectivity index (χ1v) is 6.89. The molecule has 2 saturated carbocycles. The van der Waals surface area contributed by atoms with Crippen LogP contribution in [-0.4, -0.2) is 48.2 Å². The molecule has 96 valence electrons. The van der Waals surface area contributed by atoms with Gasteiger partial charge in [-0.1, -0.05) is 0 Å². The van der Waals surface area contributed by atoms with Crippen LogP contribution in [0.5, 0.6) is 0 Å². The fraction of sp³-hybridized carbons (Fsp3) is 0.923. The minimum absolute atomic E-state index is 0.381. The summed E-state index contributed by atoms with van der Waals surface area (Å²) in [6.45, 7) is 2.76. The molecule has 2 bridgehead atoms. The van der Waals surface area contributed by atoms with Gasteiger partial charge in [0, 0.05) is 20.1 Å². The standard InChI is InChI=1S/C13H23N3O/c1-16-7-6-15-12(16)14-5-4-13(17)9-10-2-3-11(13)8-10/h10-11,17H,2-9H2,1H3,(H,14,15). The molecular formula is C13H23N3O. The lowest BCUT2D eigenvalue weighted by Crippen LogP contribution is -2.42. The minimum atomic E-state index is -0.381. The molecular weight excluding hydrogens is 214 g/mol. The number of aliphatic imine (C=N–C) groups is 1. The molecule has 0 aromatic carbocycles. The second-order valence-electron chi connectivity index (χ2n) is 5.99. The normalized spacial score (nSPS) is 39.9. The SMILES string of the molecule is CN1CCN=C1NCCC1(O)CC2CCC1C2. The summed E-state index contributed by atoms with van der Waals surface area (Å²) < 4.78 is 0. The maximum Gasteiger partial charge on any atom is 0.193 e. The molecule has 4 heteroatoms. The largest absolute Gasteiger partial charge is 0.390 e. The van der Waals surface area contributed by atoms with Crippen molar-refractivity contribution in [1.29, 1.82) is 0 Å². The summed E-state index contributed by atoms with van der Waals surface area (Å²) >= 11 is 0. The zero-order chi connectivity index (χ0) is 11.9. The number of guanidine groups is 1. The van der Waals surface area contributed by atoms with Crippen LogP contribution in [-0.2, 0) is 0 Å². The van der Waals surface area contributed by atoms with Gasteiger partial charge < -0.3 is 15.3 Å². The summed E-state index contributed by atoms with van der Waals surface area (Å²) in [5.74, 6) is 2.37. The predicted molar refractivity (Wildman–Crippen MR) is 67.9 cm³/mol. The van der Waals surface area contributed by atoms with Crippen molar-refractivity contribution in [1.82, 2.24) is 10.2 Å². The van der Waals surface area contributed by atoms with Gasteiger partial charge in [0.15, 0.2) is 5.96 Å². The van der Waals surface area contributed by atoms with Crippen LogP contribution in [0.25, 0.3) is 0 Å². The molecule has 1 aliphatic heterocycles. The summed E-state index contributed by atoms with van der Waals surface area (Å²) in [6, 6.07) is 0. The van der Waals surface area contributed by atoms with E-state index in [1.807, 2.05) is 0 Å². The second-order valence-corrected chi connectivity index (χ2v) is 5.99. The minimum Gasteiger partial charge on any atom is -0.390 e. The Balaban J connectivity index is 1.48. The van der Waals surface area contributed by atoms with E-state index in [4.69, 9.17) is 0 Å². The number of fused-ring (bicyclic) bond motifs is 2. The molecule has 3 atom stereocenters. The molecule has 4 nitrogen and oxygen atoms in total. The Morgan fingerprint density at radius 1 is 1.53 bits per heavy atom. The van der Waals surface area contributed by atoms with Crippen molar-refractivity contribution in [3.05, 3.63) is 0 Å². The fourth-order valence-electron chi connectivity index (χ4n) is 3.84. The molecule has 0 radical (unpaired) electrons. The first-order valence-electron chi connectivity index (χ1n) is 6.89. The molecule has 1 heterocycles. The van der Waals surface area contributed by atoms with Crippen LogP contribution in [0.4, 0.5) is 0 Å². The first-order chi connectivity index (χ1) is 8.17. The summed E-state index contributed by atoms with van der Waals surface area (Å²) in [5, 5.41) is 14.0. The number of hydrogen-bond donors (Lipinski definition) is 2. The van der Waals surface area contributed by atoms with Gasteiger partial charge in [-0.25, -0.2) is 0 Å². The summed E-state index contributed by atoms with van der Waals surface area (Å²) in [6.07, 6.45) is 5.75. The van der Waals surface area contributed by atoms with E-state index >= 15 is 0 Å². The van der Waals surface area contributed by atoms with Crippen molar-refractivity contribution in [3.63, 3.8) is 0 Å². The third kappa shape index (κ3) is 2.03. The zero-order valence-corrected chi connectivity index (χ0v) is 10.7. The first kappa shape index (κ1) is 11.3. The molecule has 17 heavy (non-hydrogen) atoms. The Morgan fingerprint density at radius 3 is 3.00 bits per heavy atom. The molecule has 3 aliphatic rings. The maximum absolute atomic E-state index is 10.6. The quantitative estimate of drug-likeness (QED) is 0.764. The molecule has 3 rings (SSSR count). The molecule has 0 aromatic heterocycles. The van der Waals surface area contributed by atoms with Crippen LogP contribution >= 0.6 is 0 Å². The van der Waals surface area contributed by atoms with Gasteiger partial charge in [0.2, 0.25) is 0 Å². The van der Waals surface area contributed by atoms with Gasteiger partial charge in [-0.05, 0) is 43.9 Å². The van der Waals surface area contributed by atoms with Crippen LogP contribution in [0.1, 0.15) is 32.1 Å². The number of aliphatic hydroxyl groups is 1. The highest BCUT2D eigenvalue weighted by atomic mass is 16.3. The number of likely N-dealkylation sites (N-methyl/N-ethyl adjacent to an activating group) is 1. The number of rotatable bonds is 3. The van der Waals surface area contributed by atoms with Crippen molar-refractivity contribution in [2.75, 3.05) is 26.7 Å². The topological polar surface area (TPSA) is 47.9 Å². The molecule has 0 spiro atoms. The fourth-order valence-corrected chi connectivity index (χ4v) is 3.84. The monoisotopic (exact) mass is 237 g/mol. The molecule has 2 fully saturated rings. The molecule has 2 N–H and O–H groups in total. The van der Waals surface area contributed by atoms with Crippen molar-refractivity contribution in [3.8, 4) is 0 Å². The van der Waals surface area contributed by atoms with E-state index in [1.54, 1.807) is 0 Å².